The topological polar surface area (TPSA) is 35.5 Å². The van der Waals surface area contributed by atoms with Crippen LogP contribution in [0.4, 0.5) is 0 Å². The molecule has 0 aliphatic carbocycles. The number of esters is 1. The molecule has 0 heterocycles. The maximum absolute atomic E-state index is 11.6. The van der Waals surface area contributed by atoms with E-state index in [1.54, 1.807) is 0 Å². The molecule has 0 aliphatic rings. The molecule has 0 rings (SSSR count). The first-order chi connectivity index (χ1) is 13.8. The standard InChI is InChI=1S/C25H46O3/c1-3-5-7-8-9-10-11-12-13-14-15-16-17-18-19-21-25(26)28-24-20-23-27-22-6-4-2/h9-10,12-13H,3-8,11,14-24H2,1-2H3/b10-9-,13-12-. The summed E-state index contributed by atoms with van der Waals surface area (Å²) in [6.45, 7) is 6.39. The Labute approximate surface area is 175 Å². The minimum atomic E-state index is -0.0563. The Kier molecular flexibility index (Phi) is 23.0. The first-order valence-electron chi connectivity index (χ1n) is 11.8. The van der Waals surface area contributed by atoms with E-state index in [0.29, 0.717) is 19.6 Å². The summed E-state index contributed by atoms with van der Waals surface area (Å²) < 4.78 is 10.7. The Morgan fingerprint density at radius 3 is 1.96 bits per heavy atom. The first-order valence-corrected chi connectivity index (χ1v) is 11.8. The molecule has 0 saturated carbocycles. The highest BCUT2D eigenvalue weighted by atomic mass is 16.5. The number of ether oxygens (including phenoxy) is 2. The molecule has 0 aromatic rings. The third kappa shape index (κ3) is 23.0. The number of allylic oxidation sites excluding steroid dienone is 4. The van der Waals surface area contributed by atoms with E-state index in [-0.39, 0.29) is 5.97 Å². The number of carbonyl (C=O) groups excluding carboxylic acids is 1. The molecular formula is C25H46O3. The third-order valence-corrected chi connectivity index (χ3v) is 4.67. The van der Waals surface area contributed by atoms with Gasteiger partial charge in [0.05, 0.1) is 6.61 Å². The van der Waals surface area contributed by atoms with Crippen molar-refractivity contribution in [2.45, 2.75) is 110 Å². The van der Waals surface area contributed by atoms with Crippen LogP contribution in [0.5, 0.6) is 0 Å². The van der Waals surface area contributed by atoms with Crippen molar-refractivity contribution in [2.24, 2.45) is 0 Å². The van der Waals surface area contributed by atoms with Crippen LogP contribution in [0.1, 0.15) is 110 Å². The van der Waals surface area contributed by atoms with E-state index in [1.165, 1.54) is 51.4 Å². The SMILES string of the molecule is CCCCC/C=C\C/C=C\CCCCCCCC(=O)OCCCOCCCC. The molecule has 0 bridgehead atoms. The van der Waals surface area contributed by atoms with E-state index in [0.717, 1.165) is 45.1 Å². The van der Waals surface area contributed by atoms with Crippen molar-refractivity contribution >= 4 is 5.97 Å². The average molecular weight is 395 g/mol. The van der Waals surface area contributed by atoms with Crippen molar-refractivity contribution in [1.82, 2.24) is 0 Å². The number of hydrogen-bond acceptors (Lipinski definition) is 3. The molecule has 164 valence electrons. The van der Waals surface area contributed by atoms with E-state index >= 15 is 0 Å². The van der Waals surface area contributed by atoms with Gasteiger partial charge >= 0.3 is 5.97 Å². The summed E-state index contributed by atoms with van der Waals surface area (Å²) in [5.74, 6) is -0.0563. The van der Waals surface area contributed by atoms with Gasteiger partial charge in [-0.2, -0.15) is 0 Å². The summed E-state index contributed by atoms with van der Waals surface area (Å²) in [6.07, 6.45) is 26.0. The minimum Gasteiger partial charge on any atom is -0.466 e. The van der Waals surface area contributed by atoms with Gasteiger partial charge in [-0.1, -0.05) is 76.7 Å². The molecule has 0 spiro atoms. The Morgan fingerprint density at radius 1 is 0.643 bits per heavy atom. The second kappa shape index (κ2) is 23.9. The zero-order chi connectivity index (χ0) is 20.5. The Morgan fingerprint density at radius 2 is 1.25 bits per heavy atom. The van der Waals surface area contributed by atoms with Crippen LogP contribution in [-0.2, 0) is 14.3 Å². The highest BCUT2D eigenvalue weighted by molar-refractivity contribution is 5.69. The second-order valence-corrected chi connectivity index (χ2v) is 7.52. The Bertz CT molecular complexity index is 374. The van der Waals surface area contributed by atoms with Crippen LogP contribution in [0.25, 0.3) is 0 Å². The van der Waals surface area contributed by atoms with Crippen molar-refractivity contribution in [3.63, 3.8) is 0 Å². The predicted octanol–water partition coefficient (Wildman–Crippen LogP) is 7.55. The molecule has 0 unspecified atom stereocenters. The zero-order valence-electron chi connectivity index (χ0n) is 18.8. The van der Waals surface area contributed by atoms with Gasteiger partial charge in [-0.3, -0.25) is 4.79 Å². The molecule has 0 aromatic heterocycles. The van der Waals surface area contributed by atoms with E-state index < -0.39 is 0 Å². The monoisotopic (exact) mass is 394 g/mol. The van der Waals surface area contributed by atoms with Gasteiger partial charge < -0.3 is 9.47 Å². The third-order valence-electron chi connectivity index (χ3n) is 4.67. The Hall–Kier alpha value is -1.09. The maximum atomic E-state index is 11.6. The number of rotatable bonds is 21. The van der Waals surface area contributed by atoms with Crippen LogP contribution >= 0.6 is 0 Å². The summed E-state index contributed by atoms with van der Waals surface area (Å²) in [5, 5.41) is 0. The lowest BCUT2D eigenvalue weighted by Crippen LogP contribution is -2.08. The summed E-state index contributed by atoms with van der Waals surface area (Å²) in [4.78, 5) is 11.6. The van der Waals surface area contributed by atoms with Crippen LogP contribution in [-0.4, -0.2) is 25.8 Å². The van der Waals surface area contributed by atoms with Gasteiger partial charge in [0.15, 0.2) is 0 Å². The number of carbonyl (C=O) groups is 1. The minimum absolute atomic E-state index is 0.0563. The van der Waals surface area contributed by atoms with Crippen LogP contribution in [0.3, 0.4) is 0 Å². The average Bonchev–Trinajstić information content (AvgIpc) is 2.70. The van der Waals surface area contributed by atoms with Crippen LogP contribution in [0.2, 0.25) is 0 Å². The molecule has 0 N–H and O–H groups in total. The lowest BCUT2D eigenvalue weighted by molar-refractivity contribution is -0.144. The summed E-state index contributed by atoms with van der Waals surface area (Å²) in [6, 6.07) is 0. The lowest BCUT2D eigenvalue weighted by atomic mass is 10.1. The molecule has 0 amide bonds. The van der Waals surface area contributed by atoms with Crippen molar-refractivity contribution < 1.29 is 14.3 Å². The van der Waals surface area contributed by atoms with E-state index in [1.807, 2.05) is 0 Å². The van der Waals surface area contributed by atoms with E-state index in [9.17, 15) is 4.79 Å². The van der Waals surface area contributed by atoms with Gasteiger partial charge in [0, 0.05) is 26.1 Å². The van der Waals surface area contributed by atoms with Gasteiger partial charge in [0.1, 0.15) is 0 Å². The van der Waals surface area contributed by atoms with Gasteiger partial charge in [0.2, 0.25) is 0 Å². The summed E-state index contributed by atoms with van der Waals surface area (Å²) in [5.41, 5.74) is 0. The van der Waals surface area contributed by atoms with Gasteiger partial charge in [-0.25, -0.2) is 0 Å². The van der Waals surface area contributed by atoms with Crippen LogP contribution < -0.4 is 0 Å². The van der Waals surface area contributed by atoms with Crippen molar-refractivity contribution in [3.8, 4) is 0 Å². The smallest absolute Gasteiger partial charge is 0.305 e. The molecule has 0 aliphatic heterocycles. The maximum Gasteiger partial charge on any atom is 0.305 e. The molecule has 0 saturated heterocycles. The zero-order valence-corrected chi connectivity index (χ0v) is 18.8. The molecule has 0 fully saturated rings. The van der Waals surface area contributed by atoms with E-state index in [4.69, 9.17) is 9.47 Å². The quantitative estimate of drug-likeness (QED) is 0.114. The van der Waals surface area contributed by atoms with Gasteiger partial charge in [-0.05, 0) is 44.9 Å². The van der Waals surface area contributed by atoms with Gasteiger partial charge in [-0.15, -0.1) is 0 Å². The van der Waals surface area contributed by atoms with Crippen LogP contribution in [0, 0.1) is 0 Å². The Balaban J connectivity index is 3.25. The van der Waals surface area contributed by atoms with Crippen molar-refractivity contribution in [3.05, 3.63) is 24.3 Å². The highest BCUT2D eigenvalue weighted by Crippen LogP contribution is 2.09. The van der Waals surface area contributed by atoms with Crippen molar-refractivity contribution in [1.29, 1.82) is 0 Å². The number of hydrogen-bond donors (Lipinski definition) is 0. The van der Waals surface area contributed by atoms with Crippen LogP contribution in [0.15, 0.2) is 24.3 Å². The predicted molar refractivity (Wildman–Crippen MR) is 121 cm³/mol. The molecule has 0 atom stereocenters. The fourth-order valence-corrected chi connectivity index (χ4v) is 2.85. The normalized spacial score (nSPS) is 11.6. The molecule has 0 aromatic carbocycles. The van der Waals surface area contributed by atoms with E-state index in [2.05, 4.69) is 38.2 Å². The summed E-state index contributed by atoms with van der Waals surface area (Å²) >= 11 is 0. The molecule has 3 nitrogen and oxygen atoms in total. The largest absolute Gasteiger partial charge is 0.466 e. The van der Waals surface area contributed by atoms with Crippen molar-refractivity contribution in [2.75, 3.05) is 19.8 Å². The fourth-order valence-electron chi connectivity index (χ4n) is 2.85. The molecule has 3 heteroatoms. The lowest BCUT2D eigenvalue weighted by Gasteiger charge is -2.05. The highest BCUT2D eigenvalue weighted by Gasteiger charge is 2.02. The molecular weight excluding hydrogens is 348 g/mol. The molecule has 28 heavy (non-hydrogen) atoms. The first kappa shape index (κ1) is 26.9. The van der Waals surface area contributed by atoms with Gasteiger partial charge in [0.25, 0.3) is 0 Å². The second-order valence-electron chi connectivity index (χ2n) is 7.52. The number of unbranched alkanes of at least 4 members (excludes halogenated alkanes) is 9. The summed E-state index contributed by atoms with van der Waals surface area (Å²) in [7, 11) is 0. The fraction of sp³-hybridized carbons (Fsp3) is 0.800. The molecule has 0 radical (unpaired) electrons.